The third-order valence-electron chi connectivity index (χ3n) is 4.58. The van der Waals surface area contributed by atoms with Crippen molar-refractivity contribution in [3.05, 3.63) is 42.2 Å². The minimum Gasteiger partial charge on any atom is -0.404 e. The predicted octanol–water partition coefficient (Wildman–Crippen LogP) is 3.61. The minimum absolute atomic E-state index is 0.543. The monoisotopic (exact) mass is 312 g/mol. The summed E-state index contributed by atoms with van der Waals surface area (Å²) in [6.07, 6.45) is 7.33. The van der Waals surface area contributed by atoms with Gasteiger partial charge in [0.25, 0.3) is 0 Å². The molecule has 0 spiro atoms. The SMILES string of the molecule is CCCC(NC)C(C)Cn1ccc2cc(/C(C=N)=C/N)ccc21. The van der Waals surface area contributed by atoms with Crippen LogP contribution in [-0.2, 0) is 6.54 Å². The van der Waals surface area contributed by atoms with Crippen molar-refractivity contribution in [2.45, 2.75) is 39.3 Å². The number of nitrogens with two attached hydrogens (primary N) is 1. The van der Waals surface area contributed by atoms with Gasteiger partial charge in [-0.2, -0.15) is 0 Å². The molecule has 2 aromatic rings. The third kappa shape index (κ3) is 3.82. The Balaban J connectivity index is 2.25. The first-order chi connectivity index (χ1) is 11.1. The molecule has 2 rings (SSSR count). The molecule has 0 aliphatic heterocycles. The maximum Gasteiger partial charge on any atom is 0.0480 e. The van der Waals surface area contributed by atoms with Crippen LogP contribution in [0.5, 0.6) is 0 Å². The zero-order valence-corrected chi connectivity index (χ0v) is 14.3. The van der Waals surface area contributed by atoms with E-state index >= 15 is 0 Å². The number of aromatic nitrogens is 1. The van der Waals surface area contributed by atoms with E-state index in [1.807, 2.05) is 6.07 Å². The molecule has 0 aliphatic rings. The van der Waals surface area contributed by atoms with Gasteiger partial charge in [-0.25, -0.2) is 0 Å². The number of hydrogen-bond donors (Lipinski definition) is 3. The number of nitrogens with zero attached hydrogens (tertiary/aromatic N) is 1. The van der Waals surface area contributed by atoms with Crippen molar-refractivity contribution in [1.82, 2.24) is 9.88 Å². The van der Waals surface area contributed by atoms with E-state index in [4.69, 9.17) is 11.1 Å². The molecule has 2 atom stereocenters. The highest BCUT2D eigenvalue weighted by Crippen LogP contribution is 2.23. The van der Waals surface area contributed by atoms with Gasteiger partial charge < -0.3 is 21.0 Å². The molecule has 0 amide bonds. The van der Waals surface area contributed by atoms with Gasteiger partial charge in [0.1, 0.15) is 0 Å². The summed E-state index contributed by atoms with van der Waals surface area (Å²) in [4.78, 5) is 0. The Labute approximate surface area is 138 Å². The molecule has 1 aromatic heterocycles. The second kappa shape index (κ2) is 7.97. The van der Waals surface area contributed by atoms with Gasteiger partial charge in [0.2, 0.25) is 0 Å². The fraction of sp³-hybridized carbons (Fsp3) is 0.421. The van der Waals surface area contributed by atoms with Crippen LogP contribution in [0.15, 0.2) is 36.7 Å². The van der Waals surface area contributed by atoms with Gasteiger partial charge in [-0.3, -0.25) is 0 Å². The fourth-order valence-corrected chi connectivity index (χ4v) is 3.23. The fourth-order valence-electron chi connectivity index (χ4n) is 3.23. The Hall–Kier alpha value is -2.07. The zero-order chi connectivity index (χ0) is 16.8. The lowest BCUT2D eigenvalue weighted by Crippen LogP contribution is -2.34. The van der Waals surface area contributed by atoms with Gasteiger partial charge >= 0.3 is 0 Å². The molecule has 23 heavy (non-hydrogen) atoms. The molecule has 0 saturated heterocycles. The van der Waals surface area contributed by atoms with Crippen LogP contribution in [0.25, 0.3) is 16.5 Å². The number of benzene rings is 1. The van der Waals surface area contributed by atoms with Crippen LogP contribution in [0.2, 0.25) is 0 Å². The molecule has 4 nitrogen and oxygen atoms in total. The Morgan fingerprint density at radius 3 is 2.78 bits per heavy atom. The van der Waals surface area contributed by atoms with Gasteiger partial charge in [-0.15, -0.1) is 0 Å². The summed E-state index contributed by atoms with van der Waals surface area (Å²) in [5.74, 6) is 0.566. The predicted molar refractivity (Wildman–Crippen MR) is 99.8 cm³/mol. The second-order valence-electron chi connectivity index (χ2n) is 6.17. The first-order valence-corrected chi connectivity index (χ1v) is 8.33. The molecular formula is C19H28N4. The van der Waals surface area contributed by atoms with Crippen molar-refractivity contribution in [3.63, 3.8) is 0 Å². The summed E-state index contributed by atoms with van der Waals surface area (Å²) < 4.78 is 2.32. The van der Waals surface area contributed by atoms with Crippen LogP contribution < -0.4 is 11.1 Å². The van der Waals surface area contributed by atoms with E-state index < -0.39 is 0 Å². The summed E-state index contributed by atoms with van der Waals surface area (Å²) in [5, 5.41) is 12.1. The molecule has 1 aromatic carbocycles. The van der Waals surface area contributed by atoms with E-state index in [2.05, 4.69) is 55.2 Å². The Morgan fingerprint density at radius 1 is 1.39 bits per heavy atom. The molecule has 0 fully saturated rings. The van der Waals surface area contributed by atoms with Crippen molar-refractivity contribution >= 4 is 22.7 Å². The van der Waals surface area contributed by atoms with Crippen LogP contribution in [0.1, 0.15) is 32.3 Å². The number of nitrogens with one attached hydrogen (secondary N) is 2. The molecule has 1 heterocycles. The third-order valence-corrected chi connectivity index (χ3v) is 4.58. The van der Waals surface area contributed by atoms with Crippen LogP contribution >= 0.6 is 0 Å². The van der Waals surface area contributed by atoms with Gasteiger partial charge in [-0.1, -0.05) is 26.3 Å². The largest absolute Gasteiger partial charge is 0.404 e. The Kier molecular flexibility index (Phi) is 5.99. The Morgan fingerprint density at radius 2 is 2.17 bits per heavy atom. The van der Waals surface area contributed by atoms with Crippen molar-refractivity contribution < 1.29 is 0 Å². The van der Waals surface area contributed by atoms with Gasteiger partial charge in [0, 0.05) is 47.7 Å². The van der Waals surface area contributed by atoms with Crippen molar-refractivity contribution in [3.8, 4) is 0 Å². The van der Waals surface area contributed by atoms with Crippen LogP contribution in [0.3, 0.4) is 0 Å². The molecule has 4 N–H and O–H groups in total. The molecule has 0 aliphatic carbocycles. The van der Waals surface area contributed by atoms with Gasteiger partial charge in [0.15, 0.2) is 0 Å². The molecule has 2 unspecified atom stereocenters. The lowest BCUT2D eigenvalue weighted by Gasteiger charge is -2.24. The van der Waals surface area contributed by atoms with E-state index in [1.54, 1.807) is 0 Å². The highest BCUT2D eigenvalue weighted by atomic mass is 15.0. The molecule has 0 saturated carbocycles. The standard InChI is InChI=1S/C19H28N4/c1-4-5-18(22-3)14(2)13-23-9-8-16-10-15(6-7-19(16)23)17(11-20)12-21/h6-12,14,18,20,22H,4-5,13,21H2,1-3H3/b17-12+,20-11?. The Bertz CT molecular complexity index is 684. The molecule has 4 heteroatoms. The summed E-state index contributed by atoms with van der Waals surface area (Å²) in [7, 11) is 2.05. The average molecular weight is 312 g/mol. The molecule has 0 radical (unpaired) electrons. The summed E-state index contributed by atoms with van der Waals surface area (Å²) in [6, 6.07) is 8.94. The molecule has 124 valence electrons. The average Bonchev–Trinajstić information content (AvgIpc) is 2.96. The normalized spacial score (nSPS) is 14.8. The second-order valence-corrected chi connectivity index (χ2v) is 6.17. The topological polar surface area (TPSA) is 66.8 Å². The van der Waals surface area contributed by atoms with E-state index in [-0.39, 0.29) is 0 Å². The van der Waals surface area contributed by atoms with Crippen molar-refractivity contribution in [2.24, 2.45) is 11.7 Å². The summed E-state index contributed by atoms with van der Waals surface area (Å²) in [6.45, 7) is 5.54. The number of rotatable bonds is 8. The number of allylic oxidation sites excluding steroid dienone is 1. The summed E-state index contributed by atoms with van der Waals surface area (Å²) >= 11 is 0. The van der Waals surface area contributed by atoms with E-state index in [0.29, 0.717) is 12.0 Å². The van der Waals surface area contributed by atoms with Gasteiger partial charge in [0.05, 0.1) is 0 Å². The van der Waals surface area contributed by atoms with E-state index in [1.165, 1.54) is 36.2 Å². The molecular weight excluding hydrogens is 284 g/mol. The highest BCUT2D eigenvalue weighted by Gasteiger charge is 2.15. The van der Waals surface area contributed by atoms with Crippen LogP contribution in [-0.4, -0.2) is 23.9 Å². The van der Waals surface area contributed by atoms with Crippen LogP contribution in [0, 0.1) is 11.3 Å². The lowest BCUT2D eigenvalue weighted by atomic mass is 9.97. The van der Waals surface area contributed by atoms with Crippen LogP contribution in [0.4, 0.5) is 0 Å². The number of hydrogen-bond acceptors (Lipinski definition) is 3. The van der Waals surface area contributed by atoms with E-state index in [0.717, 1.165) is 17.7 Å². The maximum absolute atomic E-state index is 7.43. The van der Waals surface area contributed by atoms with Crippen molar-refractivity contribution in [1.29, 1.82) is 5.41 Å². The minimum atomic E-state index is 0.543. The lowest BCUT2D eigenvalue weighted by molar-refractivity contribution is 0.339. The quantitative estimate of drug-likeness (QED) is 0.652. The maximum atomic E-state index is 7.43. The van der Waals surface area contributed by atoms with Crippen molar-refractivity contribution in [2.75, 3.05) is 7.05 Å². The number of fused-ring (bicyclic) bond motifs is 1. The highest BCUT2D eigenvalue weighted by molar-refractivity contribution is 6.09. The first kappa shape index (κ1) is 17.3. The van der Waals surface area contributed by atoms with E-state index in [9.17, 15) is 0 Å². The zero-order valence-electron chi connectivity index (χ0n) is 14.3. The summed E-state index contributed by atoms with van der Waals surface area (Å²) in [5.41, 5.74) is 8.54. The van der Waals surface area contributed by atoms with Gasteiger partial charge in [-0.05, 0) is 43.1 Å². The molecule has 0 bridgehead atoms. The smallest absolute Gasteiger partial charge is 0.0480 e. The first-order valence-electron chi connectivity index (χ1n) is 8.33.